The molecular formula is C15H17IN2O2. The number of rotatable bonds is 4. The second kappa shape index (κ2) is 4.72. The average molecular weight is 384 g/mol. The van der Waals surface area contributed by atoms with Gasteiger partial charge in [0, 0.05) is 9.11 Å². The van der Waals surface area contributed by atoms with Crippen LogP contribution < -0.4 is 11.1 Å². The van der Waals surface area contributed by atoms with E-state index in [4.69, 9.17) is 5.73 Å². The van der Waals surface area contributed by atoms with Crippen LogP contribution in [0.1, 0.15) is 52.0 Å². The largest absolute Gasteiger partial charge is 0.366 e. The second-order valence-corrected chi connectivity index (χ2v) is 7.14. The summed E-state index contributed by atoms with van der Waals surface area (Å²) in [5, 5.41) is 3.15. The van der Waals surface area contributed by atoms with E-state index in [1.807, 2.05) is 13.0 Å². The van der Waals surface area contributed by atoms with E-state index in [-0.39, 0.29) is 11.4 Å². The van der Waals surface area contributed by atoms with Gasteiger partial charge in [-0.2, -0.15) is 0 Å². The molecule has 1 aromatic rings. The SMILES string of the molecule is Cc1cc(I)cc(C(=O)NC2(C3CC3)CC2)c1C(N)=O. The van der Waals surface area contributed by atoms with Gasteiger partial charge in [0.2, 0.25) is 5.91 Å². The van der Waals surface area contributed by atoms with Crippen molar-refractivity contribution in [3.63, 3.8) is 0 Å². The number of primary amides is 1. The molecular weight excluding hydrogens is 367 g/mol. The summed E-state index contributed by atoms with van der Waals surface area (Å²) in [6, 6.07) is 3.61. The van der Waals surface area contributed by atoms with Crippen molar-refractivity contribution in [3.8, 4) is 0 Å². The first-order valence-electron chi connectivity index (χ1n) is 6.85. The minimum atomic E-state index is -0.541. The van der Waals surface area contributed by atoms with Crippen LogP contribution >= 0.6 is 22.6 Å². The van der Waals surface area contributed by atoms with E-state index in [0.717, 1.165) is 22.0 Å². The zero-order valence-electron chi connectivity index (χ0n) is 11.3. The van der Waals surface area contributed by atoms with Gasteiger partial charge in [-0.15, -0.1) is 0 Å². The van der Waals surface area contributed by atoms with E-state index in [1.165, 1.54) is 12.8 Å². The van der Waals surface area contributed by atoms with Crippen molar-refractivity contribution in [1.82, 2.24) is 5.32 Å². The van der Waals surface area contributed by atoms with Crippen LogP contribution in [0.5, 0.6) is 0 Å². The van der Waals surface area contributed by atoms with Crippen LogP contribution in [-0.2, 0) is 0 Å². The molecule has 106 valence electrons. The maximum atomic E-state index is 12.5. The first-order valence-corrected chi connectivity index (χ1v) is 7.93. The topological polar surface area (TPSA) is 72.2 Å². The number of nitrogens with one attached hydrogen (secondary N) is 1. The molecule has 0 radical (unpaired) electrons. The summed E-state index contributed by atoms with van der Waals surface area (Å²) in [6.07, 6.45) is 4.51. The first-order chi connectivity index (χ1) is 9.43. The maximum absolute atomic E-state index is 12.5. The molecule has 0 bridgehead atoms. The lowest BCUT2D eigenvalue weighted by Gasteiger charge is -2.18. The van der Waals surface area contributed by atoms with Crippen LogP contribution in [0.3, 0.4) is 0 Å². The minimum Gasteiger partial charge on any atom is -0.366 e. The molecule has 0 spiro atoms. The molecule has 3 rings (SSSR count). The van der Waals surface area contributed by atoms with Gasteiger partial charge in [-0.25, -0.2) is 0 Å². The third-order valence-corrected chi connectivity index (χ3v) is 4.92. The zero-order chi connectivity index (χ0) is 14.5. The molecule has 0 aliphatic heterocycles. The number of nitrogens with two attached hydrogens (primary N) is 1. The van der Waals surface area contributed by atoms with Gasteiger partial charge >= 0.3 is 0 Å². The molecule has 1 aromatic carbocycles. The molecule has 3 N–H and O–H groups in total. The number of benzene rings is 1. The van der Waals surface area contributed by atoms with Crippen molar-refractivity contribution >= 4 is 34.4 Å². The normalized spacial score (nSPS) is 19.5. The van der Waals surface area contributed by atoms with Gasteiger partial charge in [-0.3, -0.25) is 9.59 Å². The smallest absolute Gasteiger partial charge is 0.252 e. The van der Waals surface area contributed by atoms with Crippen molar-refractivity contribution in [1.29, 1.82) is 0 Å². The Kier molecular flexibility index (Phi) is 3.27. The summed E-state index contributed by atoms with van der Waals surface area (Å²) in [4.78, 5) is 24.2. The average Bonchev–Trinajstić information content (AvgIpc) is 3.21. The molecule has 2 aliphatic rings. The number of carbonyl (C=O) groups is 2. The zero-order valence-corrected chi connectivity index (χ0v) is 13.5. The Hall–Kier alpha value is -1.11. The van der Waals surface area contributed by atoms with Gasteiger partial charge in [0.05, 0.1) is 11.1 Å². The number of carbonyl (C=O) groups excluding carboxylic acids is 2. The van der Waals surface area contributed by atoms with Crippen molar-refractivity contribution in [2.45, 2.75) is 38.1 Å². The van der Waals surface area contributed by atoms with Gasteiger partial charge in [0.1, 0.15) is 0 Å². The molecule has 0 heterocycles. The predicted molar refractivity (Wildman–Crippen MR) is 84.6 cm³/mol. The maximum Gasteiger partial charge on any atom is 0.252 e. The van der Waals surface area contributed by atoms with Crippen molar-refractivity contribution in [2.75, 3.05) is 0 Å². The second-order valence-electron chi connectivity index (χ2n) is 5.89. The van der Waals surface area contributed by atoms with Crippen LogP contribution in [0, 0.1) is 16.4 Å². The van der Waals surface area contributed by atoms with Crippen LogP contribution in [-0.4, -0.2) is 17.4 Å². The van der Waals surface area contributed by atoms with E-state index < -0.39 is 5.91 Å². The molecule has 2 fully saturated rings. The van der Waals surface area contributed by atoms with E-state index in [2.05, 4.69) is 27.9 Å². The van der Waals surface area contributed by atoms with Gasteiger partial charge < -0.3 is 11.1 Å². The van der Waals surface area contributed by atoms with E-state index in [1.54, 1.807) is 6.07 Å². The van der Waals surface area contributed by atoms with E-state index >= 15 is 0 Å². The van der Waals surface area contributed by atoms with Gasteiger partial charge in [0.25, 0.3) is 5.91 Å². The van der Waals surface area contributed by atoms with Crippen molar-refractivity contribution in [3.05, 3.63) is 32.4 Å². The molecule has 0 atom stereocenters. The lowest BCUT2D eigenvalue weighted by molar-refractivity contribution is 0.0912. The third-order valence-electron chi connectivity index (χ3n) is 4.30. The molecule has 5 heteroatoms. The van der Waals surface area contributed by atoms with Gasteiger partial charge in [-0.05, 0) is 78.8 Å². The molecule has 2 amide bonds. The summed E-state index contributed by atoms with van der Waals surface area (Å²) in [7, 11) is 0. The predicted octanol–water partition coefficient (Wildman–Crippen LogP) is 2.37. The molecule has 0 unspecified atom stereocenters. The Balaban J connectivity index is 1.92. The fourth-order valence-electron chi connectivity index (χ4n) is 2.95. The lowest BCUT2D eigenvalue weighted by atomic mass is 10.00. The Morgan fingerprint density at radius 1 is 1.35 bits per heavy atom. The highest BCUT2D eigenvalue weighted by molar-refractivity contribution is 14.1. The van der Waals surface area contributed by atoms with Crippen molar-refractivity contribution < 1.29 is 9.59 Å². The quantitative estimate of drug-likeness (QED) is 0.783. The van der Waals surface area contributed by atoms with Crippen LogP contribution in [0.4, 0.5) is 0 Å². The standard InChI is InChI=1S/C15H17IN2O2/c1-8-6-10(16)7-11(12(8)13(17)19)14(20)18-15(4-5-15)9-2-3-9/h6-7,9H,2-5H2,1H3,(H2,17,19)(H,18,20). The number of amides is 2. The fraction of sp³-hybridized carbons (Fsp3) is 0.467. The number of halogens is 1. The molecule has 4 nitrogen and oxygen atoms in total. The summed E-state index contributed by atoms with van der Waals surface area (Å²) < 4.78 is 0.937. The fourth-order valence-corrected chi connectivity index (χ4v) is 3.73. The molecule has 20 heavy (non-hydrogen) atoms. The highest BCUT2D eigenvalue weighted by Crippen LogP contribution is 2.53. The van der Waals surface area contributed by atoms with Crippen molar-refractivity contribution in [2.24, 2.45) is 11.7 Å². The van der Waals surface area contributed by atoms with Gasteiger partial charge in [-0.1, -0.05) is 0 Å². The lowest BCUT2D eigenvalue weighted by Crippen LogP contribution is -2.39. The van der Waals surface area contributed by atoms with E-state index in [9.17, 15) is 9.59 Å². The molecule has 0 aromatic heterocycles. The highest BCUT2D eigenvalue weighted by Gasteiger charge is 2.54. The number of hydrogen-bond acceptors (Lipinski definition) is 2. The Morgan fingerprint density at radius 2 is 2.00 bits per heavy atom. The Labute approximate surface area is 131 Å². The van der Waals surface area contributed by atoms with Crippen LogP contribution in [0.2, 0.25) is 0 Å². The molecule has 2 saturated carbocycles. The van der Waals surface area contributed by atoms with Gasteiger partial charge in [0.15, 0.2) is 0 Å². The summed E-state index contributed by atoms with van der Waals surface area (Å²) in [5.74, 6) is -0.0718. The molecule has 2 aliphatic carbocycles. The minimum absolute atomic E-state index is 0.00117. The van der Waals surface area contributed by atoms with Crippen LogP contribution in [0.25, 0.3) is 0 Å². The monoisotopic (exact) mass is 384 g/mol. The number of hydrogen-bond donors (Lipinski definition) is 2. The summed E-state index contributed by atoms with van der Waals surface area (Å²) in [5.41, 5.74) is 6.94. The van der Waals surface area contributed by atoms with Crippen LogP contribution in [0.15, 0.2) is 12.1 Å². The first kappa shape index (κ1) is 13.9. The Morgan fingerprint density at radius 3 is 2.50 bits per heavy atom. The summed E-state index contributed by atoms with van der Waals surface area (Å²) >= 11 is 2.15. The number of aryl methyl sites for hydroxylation is 1. The third kappa shape index (κ3) is 2.43. The molecule has 0 saturated heterocycles. The summed E-state index contributed by atoms with van der Waals surface area (Å²) in [6.45, 7) is 1.81. The highest BCUT2D eigenvalue weighted by atomic mass is 127. The van der Waals surface area contributed by atoms with E-state index in [0.29, 0.717) is 17.0 Å². The Bertz CT molecular complexity index is 604.